The number of rotatable bonds is 2. The molecule has 1 rings (SSSR count). The maximum Gasteiger partial charge on any atom is 0.336 e. The molecule has 0 fully saturated rings. The number of likely N-dealkylation sites (N-methyl/N-ethyl adjacent to an activating group) is 1. The van der Waals surface area contributed by atoms with Crippen molar-refractivity contribution in [1.29, 1.82) is 0 Å². The average molecular weight is 156 g/mol. The molecular weight excluding hydrogens is 138 g/mol. The lowest BCUT2D eigenvalue weighted by Crippen LogP contribution is -2.27. The lowest BCUT2D eigenvalue weighted by atomic mass is 10.1. The SMILES string of the molecule is CCC1=[N+](C)[C@@H](C(C)C)CO1. The fraction of sp³-hybridized carbons (Fsp3) is 0.889. The number of hydrogen-bond donors (Lipinski definition) is 0. The summed E-state index contributed by atoms with van der Waals surface area (Å²) in [4.78, 5) is 0. The molecule has 0 N–H and O–H groups in total. The van der Waals surface area contributed by atoms with Crippen molar-refractivity contribution in [3.63, 3.8) is 0 Å². The van der Waals surface area contributed by atoms with Crippen molar-refractivity contribution in [2.24, 2.45) is 5.92 Å². The van der Waals surface area contributed by atoms with Gasteiger partial charge in [0.05, 0.1) is 6.42 Å². The van der Waals surface area contributed by atoms with Crippen molar-refractivity contribution in [3.05, 3.63) is 0 Å². The smallest absolute Gasteiger partial charge is 0.336 e. The van der Waals surface area contributed by atoms with Gasteiger partial charge >= 0.3 is 5.90 Å². The van der Waals surface area contributed by atoms with Crippen LogP contribution in [0.25, 0.3) is 0 Å². The largest absolute Gasteiger partial charge is 0.441 e. The Labute approximate surface area is 68.9 Å². The number of nitrogens with zero attached hydrogens (tertiary/aromatic N) is 1. The molecule has 64 valence electrons. The van der Waals surface area contributed by atoms with E-state index in [4.69, 9.17) is 4.74 Å². The minimum absolute atomic E-state index is 0.588. The molecule has 1 aliphatic rings. The monoisotopic (exact) mass is 156 g/mol. The lowest BCUT2D eigenvalue weighted by molar-refractivity contribution is -0.535. The summed E-state index contributed by atoms with van der Waals surface area (Å²) in [7, 11) is 2.12. The van der Waals surface area contributed by atoms with Gasteiger partial charge in [-0.2, -0.15) is 4.58 Å². The first kappa shape index (κ1) is 8.57. The van der Waals surface area contributed by atoms with Gasteiger partial charge in [0, 0.05) is 5.92 Å². The van der Waals surface area contributed by atoms with E-state index in [-0.39, 0.29) is 0 Å². The van der Waals surface area contributed by atoms with Crippen LogP contribution in [0.5, 0.6) is 0 Å². The third kappa shape index (κ3) is 1.55. The molecule has 2 heteroatoms. The minimum Gasteiger partial charge on any atom is -0.441 e. The Morgan fingerprint density at radius 3 is 2.55 bits per heavy atom. The van der Waals surface area contributed by atoms with Crippen LogP contribution in [0.1, 0.15) is 27.2 Å². The average Bonchev–Trinajstić information content (AvgIpc) is 2.30. The predicted octanol–water partition coefficient (Wildman–Crippen LogP) is 1.49. The first-order valence-electron chi connectivity index (χ1n) is 4.38. The maximum atomic E-state index is 5.53. The van der Waals surface area contributed by atoms with Crippen molar-refractivity contribution < 1.29 is 9.31 Å². The van der Waals surface area contributed by atoms with Gasteiger partial charge in [-0.05, 0) is 0 Å². The molecule has 2 nitrogen and oxygen atoms in total. The van der Waals surface area contributed by atoms with E-state index < -0.39 is 0 Å². The zero-order chi connectivity index (χ0) is 8.43. The van der Waals surface area contributed by atoms with Gasteiger partial charge in [0.1, 0.15) is 7.05 Å². The highest BCUT2D eigenvalue weighted by Gasteiger charge is 2.32. The zero-order valence-corrected chi connectivity index (χ0v) is 7.92. The maximum absolute atomic E-state index is 5.53. The Balaban J connectivity index is 2.69. The van der Waals surface area contributed by atoms with Gasteiger partial charge < -0.3 is 4.74 Å². The lowest BCUT2D eigenvalue weighted by Gasteiger charge is -2.07. The Bertz CT molecular complexity index is 172. The first-order chi connectivity index (χ1) is 5.16. The highest BCUT2D eigenvalue weighted by Crippen LogP contribution is 2.13. The first-order valence-corrected chi connectivity index (χ1v) is 4.38. The van der Waals surface area contributed by atoms with E-state index in [0.29, 0.717) is 12.0 Å². The van der Waals surface area contributed by atoms with Crippen LogP contribution >= 0.6 is 0 Å². The fourth-order valence-electron chi connectivity index (χ4n) is 1.57. The molecule has 0 spiro atoms. The molecule has 0 amide bonds. The van der Waals surface area contributed by atoms with Crippen LogP contribution in [-0.2, 0) is 4.74 Å². The third-order valence-corrected chi connectivity index (χ3v) is 2.38. The normalized spacial score (nSPS) is 24.6. The summed E-state index contributed by atoms with van der Waals surface area (Å²) in [6, 6.07) is 0.588. The van der Waals surface area contributed by atoms with Crippen LogP contribution in [0, 0.1) is 5.92 Å². The fourth-order valence-corrected chi connectivity index (χ4v) is 1.57. The molecule has 0 aromatic rings. The van der Waals surface area contributed by atoms with E-state index in [9.17, 15) is 0 Å². The Morgan fingerprint density at radius 1 is 1.64 bits per heavy atom. The highest BCUT2D eigenvalue weighted by atomic mass is 16.5. The van der Waals surface area contributed by atoms with Crippen LogP contribution in [-0.4, -0.2) is 30.2 Å². The van der Waals surface area contributed by atoms with E-state index in [2.05, 4.69) is 32.4 Å². The Kier molecular flexibility index (Phi) is 2.53. The number of hydrogen-bond acceptors (Lipinski definition) is 1. The summed E-state index contributed by atoms with van der Waals surface area (Å²) in [5.41, 5.74) is 0. The van der Waals surface area contributed by atoms with Crippen LogP contribution in [0.3, 0.4) is 0 Å². The molecule has 0 aromatic heterocycles. The summed E-state index contributed by atoms with van der Waals surface area (Å²) >= 11 is 0. The highest BCUT2D eigenvalue weighted by molar-refractivity contribution is 5.71. The van der Waals surface area contributed by atoms with Gasteiger partial charge in [-0.3, -0.25) is 0 Å². The molecule has 0 unspecified atom stereocenters. The molecule has 0 aliphatic carbocycles. The number of ether oxygens (including phenoxy) is 1. The molecule has 11 heavy (non-hydrogen) atoms. The van der Waals surface area contributed by atoms with Crippen LogP contribution in [0.4, 0.5) is 0 Å². The topological polar surface area (TPSA) is 12.2 Å². The molecule has 0 radical (unpaired) electrons. The Hall–Kier alpha value is -0.530. The van der Waals surface area contributed by atoms with Gasteiger partial charge in [0.25, 0.3) is 0 Å². The van der Waals surface area contributed by atoms with E-state index in [1.54, 1.807) is 0 Å². The zero-order valence-electron chi connectivity index (χ0n) is 7.92. The second-order valence-electron chi connectivity index (χ2n) is 3.48. The van der Waals surface area contributed by atoms with Crippen molar-refractivity contribution in [3.8, 4) is 0 Å². The minimum atomic E-state index is 0.588. The van der Waals surface area contributed by atoms with Crippen LogP contribution in [0.15, 0.2) is 0 Å². The van der Waals surface area contributed by atoms with E-state index in [0.717, 1.165) is 18.9 Å². The summed E-state index contributed by atoms with van der Waals surface area (Å²) in [6.07, 6.45) is 1.01. The third-order valence-electron chi connectivity index (χ3n) is 2.38. The molecule has 1 aliphatic heterocycles. The Morgan fingerprint density at radius 2 is 2.27 bits per heavy atom. The van der Waals surface area contributed by atoms with Crippen molar-refractivity contribution >= 4 is 5.90 Å². The van der Waals surface area contributed by atoms with Crippen molar-refractivity contribution in [2.75, 3.05) is 13.7 Å². The standard InChI is InChI=1S/C9H18NO/c1-5-9-10(4)8(6-11-9)7(2)3/h7-8H,5-6H2,1-4H3/q+1/t8-/m1/s1. The van der Waals surface area contributed by atoms with Crippen molar-refractivity contribution in [2.45, 2.75) is 33.2 Å². The quantitative estimate of drug-likeness (QED) is 0.552. The second-order valence-corrected chi connectivity index (χ2v) is 3.48. The van der Waals surface area contributed by atoms with E-state index >= 15 is 0 Å². The molecular formula is C9H18NO+. The van der Waals surface area contributed by atoms with Gasteiger partial charge in [-0.1, -0.05) is 20.8 Å². The predicted molar refractivity (Wildman–Crippen MR) is 46.1 cm³/mol. The molecule has 0 saturated carbocycles. The van der Waals surface area contributed by atoms with Gasteiger partial charge in [0.2, 0.25) is 0 Å². The molecule has 0 saturated heterocycles. The molecule has 0 bridgehead atoms. The molecule has 0 aromatic carbocycles. The molecule has 1 atom stereocenters. The van der Waals surface area contributed by atoms with E-state index in [1.165, 1.54) is 0 Å². The summed E-state index contributed by atoms with van der Waals surface area (Å²) < 4.78 is 7.80. The summed E-state index contributed by atoms with van der Waals surface area (Å²) in [5.74, 6) is 1.83. The molecule has 1 heterocycles. The summed E-state index contributed by atoms with van der Waals surface area (Å²) in [5, 5.41) is 0. The summed E-state index contributed by atoms with van der Waals surface area (Å²) in [6.45, 7) is 7.48. The van der Waals surface area contributed by atoms with Crippen LogP contribution < -0.4 is 0 Å². The van der Waals surface area contributed by atoms with Gasteiger partial charge in [-0.25, -0.2) is 0 Å². The van der Waals surface area contributed by atoms with E-state index in [1.807, 2.05) is 0 Å². The van der Waals surface area contributed by atoms with Crippen LogP contribution in [0.2, 0.25) is 0 Å². The van der Waals surface area contributed by atoms with Gasteiger partial charge in [-0.15, -0.1) is 0 Å². The van der Waals surface area contributed by atoms with Crippen molar-refractivity contribution in [1.82, 2.24) is 0 Å². The van der Waals surface area contributed by atoms with Gasteiger partial charge in [0.15, 0.2) is 12.6 Å². The second kappa shape index (κ2) is 3.24.